The van der Waals surface area contributed by atoms with Crippen molar-refractivity contribution in [2.45, 2.75) is 182 Å². The molecule has 0 rings (SSSR count). The predicted molar refractivity (Wildman–Crippen MR) is 203 cm³/mol. The third-order valence-corrected chi connectivity index (χ3v) is 27.4. The summed E-state index contributed by atoms with van der Waals surface area (Å²) in [7, 11) is -10.2. The Bertz CT molecular complexity index is 787. The zero-order chi connectivity index (χ0) is 33.1. The molecule has 0 bridgehead atoms. The van der Waals surface area contributed by atoms with Gasteiger partial charge in [-0.1, -0.05) is 0 Å². The van der Waals surface area contributed by atoms with Gasteiger partial charge in [-0.2, -0.15) is 0 Å². The molecule has 0 unspecified atom stereocenters. The molecule has 43 heavy (non-hydrogen) atoms. The molecule has 0 atom stereocenters. The maximum atomic E-state index is 14.1. The molecule has 0 aliphatic heterocycles. The van der Waals surface area contributed by atoms with Crippen LogP contribution in [-0.2, 0) is 22.3 Å². The Kier molecular flexibility index (Phi) is 21.4. The normalized spacial score (nSPS) is 14.6. The fourth-order valence-corrected chi connectivity index (χ4v) is 30.6. The average molecular weight is 701 g/mol. The third kappa shape index (κ3) is 20.7. The molecule has 0 aliphatic rings. The zero-order valence-corrected chi connectivity index (χ0v) is 35.7. The first-order valence-electron chi connectivity index (χ1n) is 18.2. The quantitative estimate of drug-likeness (QED) is 0.0441. The summed E-state index contributed by atoms with van der Waals surface area (Å²) in [5, 5.41) is 0. The van der Waals surface area contributed by atoms with Crippen molar-refractivity contribution in [1.29, 1.82) is 0 Å². The van der Waals surface area contributed by atoms with Crippen LogP contribution in [0.1, 0.15) is 130 Å². The first-order valence-corrected chi connectivity index (χ1v) is 32.0. The molecule has 0 aromatic rings. The molecule has 0 saturated heterocycles. The second-order valence-electron chi connectivity index (χ2n) is 15.6. The molecular formula is C33H77O5PSSi3. The topological polar surface area (TPSA) is 61.8 Å². The summed E-state index contributed by atoms with van der Waals surface area (Å²) >= 11 is 0. The predicted octanol–water partition coefficient (Wildman–Crippen LogP) is 11.9. The Labute approximate surface area is 274 Å². The van der Waals surface area contributed by atoms with E-state index in [9.17, 15) is 8.42 Å². The monoisotopic (exact) mass is 700 g/mol. The minimum atomic E-state index is -3.73. The second kappa shape index (κ2) is 21.0. The van der Waals surface area contributed by atoms with Crippen molar-refractivity contribution in [2.75, 3.05) is 30.4 Å². The molecular weight excluding hydrogens is 624 g/mol. The van der Waals surface area contributed by atoms with Crippen LogP contribution >= 0.6 is 6.83 Å². The van der Waals surface area contributed by atoms with Crippen LogP contribution in [0.2, 0.25) is 51.9 Å². The average Bonchev–Trinajstić information content (AvgIpc) is 2.88. The van der Waals surface area contributed by atoms with Crippen LogP contribution in [0, 0.1) is 0 Å². The van der Waals surface area contributed by atoms with E-state index in [1.54, 1.807) is 0 Å². The van der Waals surface area contributed by atoms with Crippen LogP contribution in [0.3, 0.4) is 0 Å². The molecule has 0 aromatic heterocycles. The molecule has 0 fully saturated rings. The first-order chi connectivity index (χ1) is 19.9. The van der Waals surface area contributed by atoms with Crippen molar-refractivity contribution in [3.63, 3.8) is 0 Å². The van der Waals surface area contributed by atoms with E-state index in [4.69, 9.17) is 12.2 Å². The molecule has 0 N–H and O–H groups in total. The van der Waals surface area contributed by atoms with Crippen molar-refractivity contribution >= 4 is 42.1 Å². The van der Waals surface area contributed by atoms with Crippen molar-refractivity contribution < 1.29 is 20.6 Å². The summed E-state index contributed by atoms with van der Waals surface area (Å²) in [5.74, 6) is 0.0188. The van der Waals surface area contributed by atoms with Gasteiger partial charge in [0, 0.05) is 0 Å². The first kappa shape index (κ1) is 43.9. The number of rotatable bonds is 29. The molecule has 10 heteroatoms. The summed E-state index contributed by atoms with van der Waals surface area (Å²) in [6, 6.07) is 0.448. The fourth-order valence-electron chi connectivity index (χ4n) is 6.58. The summed E-state index contributed by atoms with van der Waals surface area (Å²) in [4.78, 5) is 0. The van der Waals surface area contributed by atoms with Gasteiger partial charge in [-0.15, -0.1) is 0 Å². The van der Waals surface area contributed by atoms with Gasteiger partial charge < -0.3 is 0 Å². The van der Waals surface area contributed by atoms with Crippen molar-refractivity contribution in [2.24, 2.45) is 0 Å². The van der Waals surface area contributed by atoms with Gasteiger partial charge in [0.25, 0.3) is 0 Å². The molecule has 0 heterocycles. The van der Waals surface area contributed by atoms with Crippen LogP contribution in [0.25, 0.3) is 0 Å². The van der Waals surface area contributed by atoms with E-state index < -0.39 is 42.1 Å². The molecule has 262 valence electrons. The third-order valence-electron chi connectivity index (χ3n) is 8.48. The molecule has 0 saturated carbocycles. The number of unbranched alkanes of at least 4 members (excludes halogenated alkanes) is 12. The van der Waals surface area contributed by atoms with Gasteiger partial charge >= 0.3 is 275 Å². The molecule has 0 spiro atoms. The standard InChI is InChI=1S/C33H77O5PSSi3/c1-12-16-20-21-22-23-24-25-26-27-31-39(28-17-13-2,29-18-14-3,30-19-15-4)36-40(34,35)32-33-43(11,37-41(5,6)7)38-42(8,9)10/h12-33H2,1-11H3. The Morgan fingerprint density at radius 3 is 1.16 bits per heavy atom. The molecule has 0 aliphatic carbocycles. The van der Waals surface area contributed by atoms with Crippen LogP contribution in [-0.4, -0.2) is 64.0 Å². The van der Waals surface area contributed by atoms with E-state index in [1.807, 2.05) is 0 Å². The maximum absolute atomic E-state index is 14.1. The van der Waals surface area contributed by atoms with E-state index in [2.05, 4.69) is 73.5 Å². The van der Waals surface area contributed by atoms with Crippen LogP contribution in [0.4, 0.5) is 0 Å². The van der Waals surface area contributed by atoms with Crippen LogP contribution in [0.15, 0.2) is 0 Å². The van der Waals surface area contributed by atoms with Crippen LogP contribution < -0.4 is 0 Å². The van der Waals surface area contributed by atoms with Crippen molar-refractivity contribution in [1.82, 2.24) is 0 Å². The molecule has 0 aromatic carbocycles. The Morgan fingerprint density at radius 2 is 0.814 bits per heavy atom. The SMILES string of the molecule is CCCCCCCCCCCCP(CCCC)(CCCC)(CCCC)OS(=O)(=O)CC[Si](C)(O[Si](C)(C)C)O[Si](C)(C)C. The van der Waals surface area contributed by atoms with E-state index in [-0.39, 0.29) is 5.75 Å². The van der Waals surface area contributed by atoms with E-state index in [0.29, 0.717) is 6.04 Å². The summed E-state index contributed by atoms with van der Waals surface area (Å²) in [5.41, 5.74) is 0. The summed E-state index contributed by atoms with van der Waals surface area (Å²) in [6.07, 6.45) is 23.2. The van der Waals surface area contributed by atoms with E-state index in [0.717, 1.165) is 69.6 Å². The van der Waals surface area contributed by atoms with Gasteiger partial charge in [0.2, 0.25) is 0 Å². The zero-order valence-electron chi connectivity index (χ0n) is 31.0. The minimum absolute atomic E-state index is 0.0188. The van der Waals surface area contributed by atoms with Gasteiger partial charge in [-0.05, 0) is 0 Å². The molecule has 5 nitrogen and oxygen atoms in total. The van der Waals surface area contributed by atoms with Gasteiger partial charge in [0.1, 0.15) is 0 Å². The molecule has 0 radical (unpaired) electrons. The fraction of sp³-hybridized carbons (Fsp3) is 1.00. The Balaban J connectivity index is 5.99. The molecule has 0 amide bonds. The van der Waals surface area contributed by atoms with Crippen molar-refractivity contribution in [3.05, 3.63) is 0 Å². The summed E-state index contributed by atoms with van der Waals surface area (Å²) < 4.78 is 48.5. The second-order valence-corrected chi connectivity index (χ2v) is 36.1. The van der Waals surface area contributed by atoms with Crippen LogP contribution in [0.5, 0.6) is 0 Å². The van der Waals surface area contributed by atoms with E-state index in [1.165, 1.54) is 57.8 Å². The summed E-state index contributed by atoms with van der Waals surface area (Å²) in [6.45, 7) is 21.2. The Morgan fingerprint density at radius 1 is 0.488 bits per heavy atom. The van der Waals surface area contributed by atoms with Gasteiger partial charge in [-0.25, -0.2) is 0 Å². The number of hydrogen-bond donors (Lipinski definition) is 0. The van der Waals surface area contributed by atoms with Gasteiger partial charge in [0.05, 0.1) is 0 Å². The van der Waals surface area contributed by atoms with E-state index >= 15 is 0 Å². The van der Waals surface area contributed by atoms with Gasteiger partial charge in [-0.3, -0.25) is 0 Å². The number of hydrogen-bond acceptors (Lipinski definition) is 5. The van der Waals surface area contributed by atoms with Gasteiger partial charge in [0.15, 0.2) is 0 Å². The Hall–Kier alpha value is 0.911. The van der Waals surface area contributed by atoms with Crippen molar-refractivity contribution in [3.8, 4) is 0 Å².